The van der Waals surface area contributed by atoms with Gasteiger partial charge in [0.25, 0.3) is 5.91 Å². The lowest BCUT2D eigenvalue weighted by molar-refractivity contribution is 0.0949. The first-order valence-electron chi connectivity index (χ1n) is 8.61. The van der Waals surface area contributed by atoms with Crippen LogP contribution < -0.4 is 5.43 Å². The second-order valence-corrected chi connectivity index (χ2v) is 5.87. The van der Waals surface area contributed by atoms with Gasteiger partial charge in [-0.25, -0.2) is 15.1 Å². The second kappa shape index (κ2) is 8.05. The van der Waals surface area contributed by atoms with Crippen molar-refractivity contribution in [1.29, 1.82) is 0 Å². The zero-order chi connectivity index (χ0) is 19.2. The molecule has 7 nitrogen and oxygen atoms in total. The number of aromatic nitrogens is 4. The van der Waals surface area contributed by atoms with Crippen molar-refractivity contribution in [3.63, 3.8) is 0 Å². The zero-order valence-electron chi connectivity index (χ0n) is 14.8. The Hall–Kier alpha value is -4.13. The number of hydrogen-bond donors (Lipinski definition) is 1. The Balaban J connectivity index is 1.63. The van der Waals surface area contributed by atoms with E-state index in [4.69, 9.17) is 5.10 Å². The minimum absolute atomic E-state index is 0.197. The van der Waals surface area contributed by atoms with Gasteiger partial charge >= 0.3 is 0 Å². The third-order valence-electron chi connectivity index (χ3n) is 3.98. The predicted octanol–water partition coefficient (Wildman–Crippen LogP) is 3.09. The molecule has 0 radical (unpaired) electrons. The smallest absolute Gasteiger partial charge is 0.265 e. The maximum absolute atomic E-state index is 12.1. The van der Waals surface area contributed by atoms with Gasteiger partial charge in [0.1, 0.15) is 11.4 Å². The van der Waals surface area contributed by atoms with Gasteiger partial charge in [0, 0.05) is 29.7 Å². The highest BCUT2D eigenvalue weighted by Crippen LogP contribution is 2.22. The van der Waals surface area contributed by atoms with E-state index < -0.39 is 5.91 Å². The number of amides is 1. The Labute approximate surface area is 161 Å². The molecule has 0 saturated heterocycles. The van der Waals surface area contributed by atoms with Crippen molar-refractivity contribution in [1.82, 2.24) is 25.2 Å². The van der Waals surface area contributed by atoms with E-state index in [2.05, 4.69) is 20.5 Å². The molecular formula is C21H16N6O. The monoisotopic (exact) mass is 368 g/mol. The molecule has 0 aliphatic heterocycles. The molecule has 0 saturated carbocycles. The largest absolute Gasteiger partial charge is 0.291 e. The molecule has 2 aromatic carbocycles. The van der Waals surface area contributed by atoms with Crippen LogP contribution in [0.2, 0.25) is 0 Å². The van der Waals surface area contributed by atoms with Crippen molar-refractivity contribution in [2.24, 2.45) is 5.10 Å². The number of hydrogen-bond acceptors (Lipinski definition) is 5. The molecule has 4 rings (SSSR count). The van der Waals surface area contributed by atoms with Crippen LogP contribution in [0.4, 0.5) is 0 Å². The number of nitrogens with zero attached hydrogens (tertiary/aromatic N) is 5. The molecule has 1 amide bonds. The fourth-order valence-electron chi connectivity index (χ4n) is 2.65. The van der Waals surface area contributed by atoms with E-state index >= 15 is 0 Å². The van der Waals surface area contributed by atoms with Crippen molar-refractivity contribution >= 4 is 12.1 Å². The van der Waals surface area contributed by atoms with Gasteiger partial charge in [0.15, 0.2) is 0 Å². The number of benzene rings is 2. The summed E-state index contributed by atoms with van der Waals surface area (Å²) in [4.78, 5) is 19.9. The third kappa shape index (κ3) is 3.83. The molecule has 0 aliphatic carbocycles. The topological polar surface area (TPSA) is 85.1 Å². The molecule has 0 aliphatic rings. The fraction of sp³-hybridized carbons (Fsp3) is 0. The van der Waals surface area contributed by atoms with E-state index in [1.54, 1.807) is 10.9 Å². The molecule has 2 heterocycles. The summed E-state index contributed by atoms with van der Waals surface area (Å²) >= 11 is 0. The molecule has 136 valence electrons. The highest BCUT2D eigenvalue weighted by Gasteiger charge is 2.11. The Morgan fingerprint density at radius 2 is 1.75 bits per heavy atom. The summed E-state index contributed by atoms with van der Waals surface area (Å²) in [5.74, 6) is -0.430. The lowest BCUT2D eigenvalue weighted by Gasteiger charge is -2.00. The average Bonchev–Trinajstić information content (AvgIpc) is 3.20. The van der Waals surface area contributed by atoms with E-state index in [1.165, 1.54) is 18.6 Å². The van der Waals surface area contributed by atoms with Crippen LogP contribution >= 0.6 is 0 Å². The Kier molecular flexibility index (Phi) is 4.97. The molecule has 0 unspecified atom stereocenters. The normalized spacial score (nSPS) is 10.9. The van der Waals surface area contributed by atoms with Crippen molar-refractivity contribution in [2.75, 3.05) is 0 Å². The van der Waals surface area contributed by atoms with Crippen LogP contribution in [0, 0.1) is 0 Å². The fourth-order valence-corrected chi connectivity index (χ4v) is 2.65. The van der Waals surface area contributed by atoms with Gasteiger partial charge in [0.2, 0.25) is 0 Å². The van der Waals surface area contributed by atoms with E-state index in [0.29, 0.717) is 0 Å². The number of hydrazone groups is 1. The molecule has 28 heavy (non-hydrogen) atoms. The highest BCUT2D eigenvalue weighted by atomic mass is 16.2. The minimum atomic E-state index is -0.430. The van der Waals surface area contributed by atoms with E-state index in [1.807, 2.05) is 66.9 Å². The standard InChI is InChI=1S/C21H16N6O/c28-21(19-14-22-11-12-23-19)25-24-13-17-15-27(18-9-5-2-6-10-18)26-20(17)16-7-3-1-4-8-16/h1-15H,(H,25,28)/b24-13+. The van der Waals surface area contributed by atoms with Crippen LogP contribution in [0.1, 0.15) is 16.1 Å². The van der Waals surface area contributed by atoms with E-state index in [-0.39, 0.29) is 5.69 Å². The van der Waals surface area contributed by atoms with Crippen LogP contribution in [0.15, 0.2) is 90.6 Å². The van der Waals surface area contributed by atoms with Gasteiger partial charge in [-0.05, 0) is 12.1 Å². The van der Waals surface area contributed by atoms with Gasteiger partial charge in [-0.3, -0.25) is 9.78 Å². The minimum Gasteiger partial charge on any atom is -0.265 e. The van der Waals surface area contributed by atoms with Crippen LogP contribution in [0.5, 0.6) is 0 Å². The quantitative estimate of drug-likeness (QED) is 0.433. The molecule has 1 N–H and O–H groups in total. The first kappa shape index (κ1) is 17.3. The Bertz CT molecular complexity index is 1090. The average molecular weight is 368 g/mol. The summed E-state index contributed by atoms with van der Waals surface area (Å²) in [5, 5.41) is 8.76. The number of para-hydroxylation sites is 1. The van der Waals surface area contributed by atoms with Crippen molar-refractivity contribution < 1.29 is 4.79 Å². The number of rotatable bonds is 5. The predicted molar refractivity (Wildman–Crippen MR) is 106 cm³/mol. The molecule has 0 bridgehead atoms. The lowest BCUT2D eigenvalue weighted by atomic mass is 10.1. The second-order valence-electron chi connectivity index (χ2n) is 5.87. The summed E-state index contributed by atoms with van der Waals surface area (Å²) in [6.07, 6.45) is 7.78. The molecule has 2 aromatic heterocycles. The molecule has 0 spiro atoms. The Morgan fingerprint density at radius 3 is 2.46 bits per heavy atom. The molecule has 4 aromatic rings. The van der Waals surface area contributed by atoms with Crippen LogP contribution in [0.3, 0.4) is 0 Å². The molecular weight excluding hydrogens is 352 g/mol. The summed E-state index contributed by atoms with van der Waals surface area (Å²) in [5.41, 5.74) is 6.09. The van der Waals surface area contributed by atoms with Gasteiger partial charge in [-0.2, -0.15) is 10.2 Å². The van der Waals surface area contributed by atoms with Crippen molar-refractivity contribution in [3.8, 4) is 16.9 Å². The summed E-state index contributed by atoms with van der Waals surface area (Å²) < 4.78 is 1.79. The van der Waals surface area contributed by atoms with Crippen LogP contribution in [-0.4, -0.2) is 31.9 Å². The summed E-state index contributed by atoms with van der Waals surface area (Å²) in [6.45, 7) is 0. The van der Waals surface area contributed by atoms with Crippen LogP contribution in [0.25, 0.3) is 16.9 Å². The molecule has 7 heteroatoms. The SMILES string of the molecule is O=C(N/N=C/c1cn(-c2ccccc2)nc1-c1ccccc1)c1cnccn1. The first-order valence-corrected chi connectivity index (χ1v) is 8.61. The maximum Gasteiger partial charge on any atom is 0.291 e. The molecule has 0 atom stereocenters. The highest BCUT2D eigenvalue weighted by molar-refractivity contribution is 5.94. The van der Waals surface area contributed by atoms with Gasteiger partial charge in [-0.1, -0.05) is 48.5 Å². The third-order valence-corrected chi connectivity index (χ3v) is 3.98. The number of carbonyl (C=O) groups excluding carboxylic acids is 1. The first-order chi connectivity index (χ1) is 13.8. The van der Waals surface area contributed by atoms with Gasteiger partial charge < -0.3 is 0 Å². The summed E-state index contributed by atoms with van der Waals surface area (Å²) in [6, 6.07) is 19.6. The van der Waals surface area contributed by atoms with E-state index in [9.17, 15) is 4.79 Å². The van der Waals surface area contributed by atoms with Gasteiger partial charge in [0.05, 0.1) is 18.1 Å². The van der Waals surface area contributed by atoms with Crippen LogP contribution in [-0.2, 0) is 0 Å². The van der Waals surface area contributed by atoms with Crippen molar-refractivity contribution in [2.45, 2.75) is 0 Å². The Morgan fingerprint density at radius 1 is 1.00 bits per heavy atom. The maximum atomic E-state index is 12.1. The number of nitrogens with one attached hydrogen (secondary N) is 1. The summed E-state index contributed by atoms with van der Waals surface area (Å²) in [7, 11) is 0. The zero-order valence-corrected chi connectivity index (χ0v) is 14.8. The lowest BCUT2D eigenvalue weighted by Crippen LogP contribution is -2.19. The molecule has 0 fully saturated rings. The number of carbonyl (C=O) groups is 1. The van der Waals surface area contributed by atoms with Crippen molar-refractivity contribution in [3.05, 3.63) is 96.7 Å². The van der Waals surface area contributed by atoms with E-state index in [0.717, 1.165) is 22.5 Å². The van der Waals surface area contributed by atoms with Gasteiger partial charge in [-0.15, -0.1) is 0 Å².